The second kappa shape index (κ2) is 10.2. The molecule has 1 fully saturated rings. The molecular weight excluding hydrogens is 383 g/mol. The zero-order valence-electron chi connectivity index (χ0n) is 17.6. The maximum atomic E-state index is 13.0. The largest absolute Gasteiger partial charge is 0.378 e. The predicted molar refractivity (Wildman–Crippen MR) is 115 cm³/mol. The molecule has 1 saturated heterocycles. The number of hydrogen-bond donors (Lipinski definition) is 3. The van der Waals surface area contributed by atoms with Crippen molar-refractivity contribution in [2.45, 2.75) is 25.4 Å². The van der Waals surface area contributed by atoms with Crippen LogP contribution in [0, 0.1) is 5.82 Å². The number of anilines is 1. The van der Waals surface area contributed by atoms with E-state index in [1.165, 1.54) is 29.9 Å². The number of carbonyl (C=O) groups excluding carboxylic acids is 2. The Labute approximate surface area is 177 Å². The van der Waals surface area contributed by atoms with Crippen molar-refractivity contribution in [2.75, 3.05) is 38.6 Å². The monoisotopic (exact) mass is 413 g/mol. The van der Waals surface area contributed by atoms with Gasteiger partial charge < -0.3 is 20.4 Å². The van der Waals surface area contributed by atoms with E-state index in [0.29, 0.717) is 6.54 Å². The number of carbonyl (C=O) groups is 2. The minimum atomic E-state index is -0.683. The normalized spacial score (nSPS) is 14.9. The van der Waals surface area contributed by atoms with Crippen molar-refractivity contribution in [1.29, 1.82) is 0 Å². The molecule has 2 aromatic rings. The second-order valence-electron chi connectivity index (χ2n) is 7.92. The summed E-state index contributed by atoms with van der Waals surface area (Å²) in [5, 5.41) is 5.38. The van der Waals surface area contributed by atoms with E-state index < -0.39 is 11.8 Å². The highest BCUT2D eigenvalue weighted by molar-refractivity contribution is 6.35. The first kappa shape index (κ1) is 21.8. The highest BCUT2D eigenvalue weighted by atomic mass is 19.1. The van der Waals surface area contributed by atoms with Crippen LogP contribution < -0.4 is 20.4 Å². The number of hydrogen-bond acceptors (Lipinski definition) is 3. The van der Waals surface area contributed by atoms with Gasteiger partial charge in [0.15, 0.2) is 0 Å². The third-order valence-electron chi connectivity index (χ3n) is 5.59. The van der Waals surface area contributed by atoms with Crippen molar-refractivity contribution >= 4 is 17.5 Å². The fourth-order valence-electron chi connectivity index (χ4n) is 3.82. The minimum Gasteiger partial charge on any atom is -0.378 e. The molecule has 0 saturated carbocycles. The SMILES string of the molecule is CN(C)c1ccc([C@H](CNC(=O)C(=O)NCc2ccc(F)cc2)[NH+]2CCCC2)cc1. The van der Waals surface area contributed by atoms with Gasteiger partial charge in [-0.1, -0.05) is 24.3 Å². The van der Waals surface area contributed by atoms with Crippen LogP contribution in [-0.4, -0.2) is 45.5 Å². The van der Waals surface area contributed by atoms with Crippen LogP contribution >= 0.6 is 0 Å². The van der Waals surface area contributed by atoms with E-state index in [1.807, 2.05) is 14.1 Å². The Morgan fingerprint density at radius 3 is 2.17 bits per heavy atom. The van der Waals surface area contributed by atoms with E-state index >= 15 is 0 Å². The Morgan fingerprint density at radius 2 is 1.57 bits per heavy atom. The molecule has 30 heavy (non-hydrogen) atoms. The van der Waals surface area contributed by atoms with Crippen LogP contribution in [0.1, 0.15) is 30.0 Å². The quantitative estimate of drug-likeness (QED) is 0.595. The Kier molecular flexibility index (Phi) is 7.41. The molecule has 160 valence electrons. The molecule has 0 spiro atoms. The summed E-state index contributed by atoms with van der Waals surface area (Å²) in [6.07, 6.45) is 2.35. The Balaban J connectivity index is 1.58. The van der Waals surface area contributed by atoms with Gasteiger partial charge in [0.05, 0.1) is 19.6 Å². The summed E-state index contributed by atoms with van der Waals surface area (Å²) in [7, 11) is 4.01. The van der Waals surface area contributed by atoms with Gasteiger partial charge in [0.2, 0.25) is 0 Å². The summed E-state index contributed by atoms with van der Waals surface area (Å²) >= 11 is 0. The lowest BCUT2D eigenvalue weighted by Crippen LogP contribution is -3.11. The lowest BCUT2D eigenvalue weighted by Gasteiger charge is -2.25. The molecule has 7 heteroatoms. The van der Waals surface area contributed by atoms with Gasteiger partial charge in [-0.2, -0.15) is 0 Å². The molecule has 0 aromatic heterocycles. The van der Waals surface area contributed by atoms with E-state index in [9.17, 15) is 14.0 Å². The van der Waals surface area contributed by atoms with Gasteiger partial charge in [-0.25, -0.2) is 4.39 Å². The first-order valence-electron chi connectivity index (χ1n) is 10.4. The maximum Gasteiger partial charge on any atom is 0.309 e. The number of amides is 2. The summed E-state index contributed by atoms with van der Waals surface area (Å²) in [5.74, 6) is -1.67. The van der Waals surface area contributed by atoms with E-state index in [-0.39, 0.29) is 18.4 Å². The van der Waals surface area contributed by atoms with Crippen LogP contribution in [-0.2, 0) is 16.1 Å². The van der Waals surface area contributed by atoms with Crippen LogP contribution in [0.5, 0.6) is 0 Å². The van der Waals surface area contributed by atoms with Crippen molar-refractivity contribution in [3.05, 3.63) is 65.5 Å². The molecule has 2 amide bonds. The summed E-state index contributed by atoms with van der Waals surface area (Å²) in [6, 6.07) is 14.3. The van der Waals surface area contributed by atoms with E-state index in [1.54, 1.807) is 12.1 Å². The van der Waals surface area contributed by atoms with Crippen molar-refractivity contribution in [1.82, 2.24) is 10.6 Å². The van der Waals surface area contributed by atoms with Crippen molar-refractivity contribution in [3.63, 3.8) is 0 Å². The van der Waals surface area contributed by atoms with Gasteiger partial charge in [0, 0.05) is 44.7 Å². The molecule has 1 heterocycles. The fourth-order valence-corrected chi connectivity index (χ4v) is 3.82. The van der Waals surface area contributed by atoms with Crippen LogP contribution in [0.25, 0.3) is 0 Å². The standard InChI is InChI=1S/C23H29FN4O2/c1-27(2)20-11-7-18(8-12-20)21(28-13-3-4-14-28)16-26-23(30)22(29)25-15-17-5-9-19(24)10-6-17/h5-12,21H,3-4,13-16H2,1-2H3,(H,25,29)(H,26,30)/p+1/t21-/m0/s1. The fraction of sp³-hybridized carbons (Fsp3) is 0.391. The molecule has 3 N–H and O–H groups in total. The number of nitrogens with one attached hydrogen (secondary N) is 3. The molecule has 1 aliphatic heterocycles. The number of nitrogens with zero attached hydrogens (tertiary/aromatic N) is 1. The zero-order valence-corrected chi connectivity index (χ0v) is 17.6. The van der Waals surface area contributed by atoms with Crippen LogP contribution in [0.4, 0.5) is 10.1 Å². The molecule has 2 aromatic carbocycles. The molecule has 1 atom stereocenters. The average molecular weight is 414 g/mol. The predicted octanol–water partition coefficient (Wildman–Crippen LogP) is 1.04. The number of benzene rings is 2. The third-order valence-corrected chi connectivity index (χ3v) is 5.59. The van der Waals surface area contributed by atoms with Crippen molar-refractivity contribution < 1.29 is 18.9 Å². The molecule has 0 aliphatic carbocycles. The lowest BCUT2D eigenvalue weighted by atomic mass is 10.0. The van der Waals surface area contributed by atoms with Gasteiger partial charge in [0.1, 0.15) is 11.9 Å². The highest BCUT2D eigenvalue weighted by Crippen LogP contribution is 2.17. The summed E-state index contributed by atoms with van der Waals surface area (Å²) < 4.78 is 13.0. The summed E-state index contributed by atoms with van der Waals surface area (Å²) in [6.45, 7) is 2.71. The van der Waals surface area contributed by atoms with Gasteiger partial charge in [-0.15, -0.1) is 0 Å². The van der Waals surface area contributed by atoms with E-state index in [4.69, 9.17) is 0 Å². The molecule has 0 unspecified atom stereocenters. The number of quaternary nitrogens is 1. The number of rotatable bonds is 7. The van der Waals surface area contributed by atoms with Gasteiger partial charge in [-0.05, 0) is 29.8 Å². The van der Waals surface area contributed by atoms with E-state index in [0.717, 1.165) is 29.9 Å². The van der Waals surface area contributed by atoms with E-state index in [2.05, 4.69) is 39.8 Å². The molecule has 1 aliphatic rings. The second-order valence-corrected chi connectivity index (χ2v) is 7.92. The van der Waals surface area contributed by atoms with Gasteiger partial charge >= 0.3 is 11.8 Å². The Hall–Kier alpha value is -2.93. The number of halogens is 1. The van der Waals surface area contributed by atoms with Crippen LogP contribution in [0.15, 0.2) is 48.5 Å². The lowest BCUT2D eigenvalue weighted by molar-refractivity contribution is -0.918. The maximum absolute atomic E-state index is 13.0. The zero-order chi connectivity index (χ0) is 21.5. The Bertz CT molecular complexity index is 847. The number of likely N-dealkylation sites (tertiary alicyclic amines) is 1. The summed E-state index contributed by atoms with van der Waals surface area (Å²) in [5.41, 5.74) is 3.01. The van der Waals surface area contributed by atoms with Crippen LogP contribution in [0.2, 0.25) is 0 Å². The topological polar surface area (TPSA) is 65.9 Å². The highest BCUT2D eigenvalue weighted by Gasteiger charge is 2.28. The molecule has 0 bridgehead atoms. The Morgan fingerprint density at radius 1 is 0.967 bits per heavy atom. The van der Waals surface area contributed by atoms with Gasteiger partial charge in [-0.3, -0.25) is 9.59 Å². The van der Waals surface area contributed by atoms with Crippen molar-refractivity contribution in [2.24, 2.45) is 0 Å². The average Bonchev–Trinajstić information content (AvgIpc) is 3.28. The van der Waals surface area contributed by atoms with Crippen molar-refractivity contribution in [3.8, 4) is 0 Å². The first-order valence-corrected chi connectivity index (χ1v) is 10.4. The molecule has 6 nitrogen and oxygen atoms in total. The molecule has 0 radical (unpaired) electrons. The van der Waals surface area contributed by atoms with Gasteiger partial charge in [0.25, 0.3) is 0 Å². The third kappa shape index (κ3) is 5.79. The first-order chi connectivity index (χ1) is 14.4. The van der Waals surface area contributed by atoms with Crippen LogP contribution in [0.3, 0.4) is 0 Å². The molecule has 3 rings (SSSR count). The molecular formula is C23H30FN4O2+. The smallest absolute Gasteiger partial charge is 0.309 e. The summed E-state index contributed by atoms with van der Waals surface area (Å²) in [4.78, 5) is 28.0. The minimum absolute atomic E-state index is 0.109.